The molecule has 7 heteroatoms. The number of ether oxygens (including phenoxy) is 2. The molecule has 0 bridgehead atoms. The summed E-state index contributed by atoms with van der Waals surface area (Å²) in [5.74, 6) is -0.519. The van der Waals surface area contributed by atoms with Gasteiger partial charge in [-0.05, 0) is 23.3 Å². The van der Waals surface area contributed by atoms with Crippen LogP contribution in [-0.2, 0) is 20.9 Å². The highest BCUT2D eigenvalue weighted by Gasteiger charge is 2.24. The van der Waals surface area contributed by atoms with E-state index in [9.17, 15) is 9.59 Å². The summed E-state index contributed by atoms with van der Waals surface area (Å²) in [6.07, 6.45) is 0. The van der Waals surface area contributed by atoms with Crippen molar-refractivity contribution in [3.8, 4) is 5.75 Å². The van der Waals surface area contributed by atoms with Crippen LogP contribution in [0.25, 0.3) is 0 Å². The van der Waals surface area contributed by atoms with Gasteiger partial charge in [-0.2, -0.15) is 0 Å². The number of amides is 2. The third-order valence-corrected chi connectivity index (χ3v) is 4.92. The van der Waals surface area contributed by atoms with Crippen molar-refractivity contribution >= 4 is 11.8 Å². The molecule has 1 aliphatic rings. The molecule has 0 spiro atoms. The summed E-state index contributed by atoms with van der Waals surface area (Å²) < 4.78 is 10.8. The Morgan fingerprint density at radius 2 is 1.76 bits per heavy atom. The maximum absolute atomic E-state index is 12.3. The summed E-state index contributed by atoms with van der Waals surface area (Å²) >= 11 is 0. The smallest absolute Gasteiger partial charge is 0.309 e. The molecule has 1 heterocycles. The molecule has 0 radical (unpaired) electrons. The zero-order chi connectivity index (χ0) is 20.5. The van der Waals surface area contributed by atoms with E-state index >= 15 is 0 Å². The Hall–Kier alpha value is -2.90. The minimum Gasteiger partial charge on any atom is -0.497 e. The summed E-state index contributed by atoms with van der Waals surface area (Å²) in [4.78, 5) is 26.7. The predicted molar refractivity (Wildman–Crippen MR) is 109 cm³/mol. The molecule has 0 aliphatic carbocycles. The van der Waals surface area contributed by atoms with Crippen molar-refractivity contribution in [2.45, 2.75) is 12.6 Å². The SMILES string of the molecule is COc1cccc([C@@H](CNC(=O)C(=O)NCc2ccccc2)N2CCOCC2)c1. The van der Waals surface area contributed by atoms with Crippen LogP contribution in [0.5, 0.6) is 5.75 Å². The van der Waals surface area contributed by atoms with Gasteiger partial charge in [0.05, 0.1) is 26.4 Å². The lowest BCUT2D eigenvalue weighted by molar-refractivity contribution is -0.139. The molecule has 29 heavy (non-hydrogen) atoms. The van der Waals surface area contributed by atoms with Crippen LogP contribution in [0.3, 0.4) is 0 Å². The molecule has 154 valence electrons. The first-order chi connectivity index (χ1) is 14.2. The molecule has 0 aromatic heterocycles. The molecule has 1 aliphatic heterocycles. The molecule has 2 N–H and O–H groups in total. The quantitative estimate of drug-likeness (QED) is 0.693. The Balaban J connectivity index is 1.61. The molecule has 7 nitrogen and oxygen atoms in total. The van der Waals surface area contributed by atoms with E-state index in [2.05, 4.69) is 15.5 Å². The summed E-state index contributed by atoms with van der Waals surface area (Å²) in [6, 6.07) is 17.2. The number of carbonyl (C=O) groups excluding carboxylic acids is 2. The molecule has 2 aromatic rings. The largest absolute Gasteiger partial charge is 0.497 e. The molecule has 1 saturated heterocycles. The lowest BCUT2D eigenvalue weighted by Gasteiger charge is -2.35. The monoisotopic (exact) mass is 397 g/mol. The van der Waals surface area contributed by atoms with E-state index in [0.717, 1.165) is 30.0 Å². The molecular weight excluding hydrogens is 370 g/mol. The minimum atomic E-state index is -0.639. The van der Waals surface area contributed by atoms with Gasteiger partial charge in [0.25, 0.3) is 0 Å². The molecule has 2 amide bonds. The van der Waals surface area contributed by atoms with Crippen LogP contribution < -0.4 is 15.4 Å². The lowest BCUT2D eigenvalue weighted by Crippen LogP contribution is -2.46. The Bertz CT molecular complexity index is 807. The fourth-order valence-corrected chi connectivity index (χ4v) is 3.32. The maximum Gasteiger partial charge on any atom is 0.309 e. The van der Waals surface area contributed by atoms with Gasteiger partial charge in [0.2, 0.25) is 0 Å². The summed E-state index contributed by atoms with van der Waals surface area (Å²) in [5.41, 5.74) is 1.97. The third-order valence-electron chi connectivity index (χ3n) is 4.92. The van der Waals surface area contributed by atoms with Gasteiger partial charge in [0.1, 0.15) is 5.75 Å². The van der Waals surface area contributed by atoms with E-state index in [0.29, 0.717) is 26.3 Å². The summed E-state index contributed by atoms with van der Waals surface area (Å²) in [7, 11) is 1.63. The first kappa shape index (κ1) is 20.8. The van der Waals surface area contributed by atoms with Crippen molar-refractivity contribution in [1.82, 2.24) is 15.5 Å². The van der Waals surface area contributed by atoms with E-state index in [1.807, 2.05) is 54.6 Å². The normalized spacial score (nSPS) is 15.3. The average molecular weight is 397 g/mol. The van der Waals surface area contributed by atoms with Crippen LogP contribution in [0.1, 0.15) is 17.2 Å². The Morgan fingerprint density at radius 1 is 1.03 bits per heavy atom. The number of rotatable bonds is 7. The van der Waals surface area contributed by atoms with Gasteiger partial charge in [-0.1, -0.05) is 42.5 Å². The van der Waals surface area contributed by atoms with Crippen LogP contribution >= 0.6 is 0 Å². The molecule has 2 aromatic carbocycles. The second kappa shape index (κ2) is 10.6. The van der Waals surface area contributed by atoms with Crippen molar-refractivity contribution in [3.05, 3.63) is 65.7 Å². The lowest BCUT2D eigenvalue weighted by atomic mass is 10.0. The van der Waals surface area contributed by atoms with E-state index in [1.165, 1.54) is 0 Å². The number of hydrogen-bond donors (Lipinski definition) is 2. The van der Waals surface area contributed by atoms with Crippen LogP contribution in [0.2, 0.25) is 0 Å². The van der Waals surface area contributed by atoms with E-state index in [4.69, 9.17) is 9.47 Å². The van der Waals surface area contributed by atoms with Crippen LogP contribution in [-0.4, -0.2) is 56.7 Å². The average Bonchev–Trinajstić information content (AvgIpc) is 2.79. The second-order valence-electron chi connectivity index (χ2n) is 6.82. The van der Waals surface area contributed by atoms with Crippen molar-refractivity contribution in [3.63, 3.8) is 0 Å². The van der Waals surface area contributed by atoms with Crippen molar-refractivity contribution in [1.29, 1.82) is 0 Å². The third kappa shape index (κ3) is 6.04. The van der Waals surface area contributed by atoms with Crippen LogP contribution in [0, 0.1) is 0 Å². The highest BCUT2D eigenvalue weighted by Crippen LogP contribution is 2.24. The van der Waals surface area contributed by atoms with E-state index in [1.54, 1.807) is 7.11 Å². The standard InChI is InChI=1S/C22H27N3O4/c1-28-19-9-5-8-18(14-19)20(25-10-12-29-13-11-25)16-24-22(27)21(26)23-15-17-6-3-2-4-7-17/h2-9,14,20H,10-13,15-16H2,1H3,(H,23,26)(H,24,27)/t20-/m1/s1. The number of nitrogens with one attached hydrogen (secondary N) is 2. The number of hydrogen-bond acceptors (Lipinski definition) is 5. The molecule has 3 rings (SSSR count). The van der Waals surface area contributed by atoms with Crippen LogP contribution in [0.4, 0.5) is 0 Å². The summed E-state index contributed by atoms with van der Waals surface area (Å²) in [5, 5.41) is 5.43. The van der Waals surface area contributed by atoms with Gasteiger partial charge in [-0.25, -0.2) is 0 Å². The van der Waals surface area contributed by atoms with Crippen molar-refractivity contribution in [2.75, 3.05) is 40.0 Å². The summed E-state index contributed by atoms with van der Waals surface area (Å²) in [6.45, 7) is 3.45. The predicted octanol–water partition coefficient (Wildman–Crippen LogP) is 1.50. The van der Waals surface area contributed by atoms with Crippen molar-refractivity contribution in [2.24, 2.45) is 0 Å². The number of carbonyl (C=O) groups is 2. The van der Waals surface area contributed by atoms with Gasteiger partial charge in [-0.3, -0.25) is 14.5 Å². The molecule has 0 saturated carbocycles. The maximum atomic E-state index is 12.3. The Labute approximate surface area is 171 Å². The number of nitrogens with zero attached hydrogens (tertiary/aromatic N) is 1. The van der Waals surface area contributed by atoms with Crippen LogP contribution in [0.15, 0.2) is 54.6 Å². The minimum absolute atomic E-state index is 0.0696. The van der Waals surface area contributed by atoms with Gasteiger partial charge >= 0.3 is 11.8 Å². The molecular formula is C22H27N3O4. The molecule has 0 unspecified atom stereocenters. The molecule has 1 atom stereocenters. The fourth-order valence-electron chi connectivity index (χ4n) is 3.32. The van der Waals surface area contributed by atoms with E-state index < -0.39 is 11.8 Å². The zero-order valence-electron chi connectivity index (χ0n) is 16.6. The first-order valence-corrected chi connectivity index (χ1v) is 9.73. The second-order valence-corrected chi connectivity index (χ2v) is 6.82. The van der Waals surface area contributed by atoms with Crippen molar-refractivity contribution < 1.29 is 19.1 Å². The van der Waals surface area contributed by atoms with Gasteiger partial charge < -0.3 is 20.1 Å². The highest BCUT2D eigenvalue weighted by atomic mass is 16.5. The number of morpholine rings is 1. The van der Waals surface area contributed by atoms with E-state index in [-0.39, 0.29) is 6.04 Å². The first-order valence-electron chi connectivity index (χ1n) is 9.73. The topological polar surface area (TPSA) is 79.9 Å². The van der Waals surface area contributed by atoms with Gasteiger partial charge in [0.15, 0.2) is 0 Å². The van der Waals surface area contributed by atoms with Gasteiger partial charge in [-0.15, -0.1) is 0 Å². The molecule has 1 fully saturated rings. The Kier molecular flexibility index (Phi) is 7.61. The highest BCUT2D eigenvalue weighted by molar-refractivity contribution is 6.35. The fraction of sp³-hybridized carbons (Fsp3) is 0.364. The Morgan fingerprint density at radius 3 is 2.48 bits per heavy atom. The number of methoxy groups -OCH3 is 1. The number of benzene rings is 2. The van der Waals surface area contributed by atoms with Gasteiger partial charge in [0, 0.05) is 26.2 Å². The zero-order valence-corrected chi connectivity index (χ0v) is 16.6.